The average Bonchev–Trinajstić information content (AvgIpc) is 2.48. The van der Waals surface area contributed by atoms with Crippen molar-refractivity contribution in [2.24, 2.45) is 0 Å². The minimum Gasteiger partial charge on any atom is -0.494 e. The molecule has 0 atom stereocenters. The van der Waals surface area contributed by atoms with Crippen LogP contribution in [0.4, 0.5) is 0 Å². The number of hydrogen-bond donors (Lipinski definition) is 1. The van der Waals surface area contributed by atoms with Crippen LogP contribution in [0.3, 0.4) is 0 Å². The molecule has 0 spiro atoms. The largest absolute Gasteiger partial charge is 0.494 e. The third-order valence-corrected chi connectivity index (χ3v) is 6.36. The molecule has 1 aromatic carbocycles. The molecule has 1 fully saturated rings. The van der Waals surface area contributed by atoms with Crippen molar-refractivity contribution in [3.8, 4) is 5.75 Å². The number of aliphatic hydroxyl groups excluding tert-OH is 1. The molecule has 118 valence electrons. The van der Waals surface area contributed by atoms with Gasteiger partial charge in [0.2, 0.25) is 10.0 Å². The van der Waals surface area contributed by atoms with E-state index in [9.17, 15) is 12.6 Å². The summed E-state index contributed by atoms with van der Waals surface area (Å²) in [6.07, 6.45) is 0.533. The minimum absolute atomic E-state index is 0.0583. The second-order valence-electron chi connectivity index (χ2n) is 4.65. The summed E-state index contributed by atoms with van der Waals surface area (Å²) in [4.78, 5) is 0.213. The Labute approximate surface area is 127 Å². The van der Waals surface area contributed by atoms with Gasteiger partial charge in [-0.1, -0.05) is 0 Å². The predicted molar refractivity (Wildman–Crippen MR) is 80.3 cm³/mol. The second-order valence-corrected chi connectivity index (χ2v) is 8.28. The Hall–Kier alpha value is -0.960. The van der Waals surface area contributed by atoms with Crippen LogP contribution in [0.5, 0.6) is 5.75 Å². The molecule has 1 heterocycles. The van der Waals surface area contributed by atoms with Crippen molar-refractivity contribution in [3.05, 3.63) is 24.3 Å². The highest BCUT2D eigenvalue weighted by molar-refractivity contribution is 7.89. The first-order valence-corrected chi connectivity index (χ1v) is 9.65. The zero-order chi connectivity index (χ0) is 15.3. The normalized spacial score (nSPS) is 17.8. The molecular formula is C13H19NO5S2. The number of rotatable bonds is 6. The van der Waals surface area contributed by atoms with Crippen LogP contribution in [-0.2, 0) is 20.8 Å². The fourth-order valence-corrected chi connectivity index (χ4v) is 4.70. The van der Waals surface area contributed by atoms with Crippen LogP contribution in [0.25, 0.3) is 0 Å². The molecule has 0 aromatic heterocycles. The van der Waals surface area contributed by atoms with E-state index in [-0.39, 0.29) is 11.5 Å². The summed E-state index contributed by atoms with van der Waals surface area (Å²) in [5, 5.41) is 8.67. The maximum atomic E-state index is 12.4. The van der Waals surface area contributed by atoms with E-state index in [0.29, 0.717) is 43.4 Å². The number of aliphatic hydroxyl groups is 1. The Bertz CT molecular complexity index is 575. The average molecular weight is 333 g/mol. The molecule has 0 unspecified atom stereocenters. The molecular weight excluding hydrogens is 314 g/mol. The van der Waals surface area contributed by atoms with Crippen molar-refractivity contribution in [1.82, 2.24) is 4.31 Å². The van der Waals surface area contributed by atoms with Crippen LogP contribution in [-0.4, -0.2) is 59.8 Å². The van der Waals surface area contributed by atoms with Gasteiger partial charge in [-0.25, -0.2) is 8.42 Å². The molecule has 1 aliphatic rings. The first kappa shape index (κ1) is 16.4. The van der Waals surface area contributed by atoms with E-state index in [4.69, 9.17) is 9.84 Å². The Morgan fingerprint density at radius 2 is 1.81 bits per heavy atom. The maximum absolute atomic E-state index is 12.4. The number of sulfonamides is 1. The highest BCUT2D eigenvalue weighted by atomic mass is 32.2. The SMILES string of the molecule is O=S1CCN(S(=O)(=O)c2ccc(OCCCO)cc2)CC1. The number of benzene rings is 1. The molecule has 6 nitrogen and oxygen atoms in total. The van der Waals surface area contributed by atoms with Crippen molar-refractivity contribution in [2.45, 2.75) is 11.3 Å². The smallest absolute Gasteiger partial charge is 0.243 e. The van der Waals surface area contributed by atoms with Crippen molar-refractivity contribution in [1.29, 1.82) is 0 Å². The Morgan fingerprint density at radius 1 is 1.19 bits per heavy atom. The molecule has 0 aliphatic carbocycles. The first-order chi connectivity index (χ1) is 10.0. The molecule has 1 aromatic rings. The van der Waals surface area contributed by atoms with Gasteiger partial charge in [-0.3, -0.25) is 4.21 Å². The lowest BCUT2D eigenvalue weighted by Crippen LogP contribution is -2.41. The van der Waals surface area contributed by atoms with Gasteiger partial charge in [0.15, 0.2) is 0 Å². The van der Waals surface area contributed by atoms with E-state index < -0.39 is 20.8 Å². The molecule has 0 amide bonds. The lowest BCUT2D eigenvalue weighted by Gasteiger charge is -2.25. The topological polar surface area (TPSA) is 83.9 Å². The minimum atomic E-state index is -3.52. The molecule has 0 radical (unpaired) electrons. The van der Waals surface area contributed by atoms with Crippen LogP contribution < -0.4 is 4.74 Å². The van der Waals surface area contributed by atoms with Gasteiger partial charge in [0.05, 0.1) is 11.5 Å². The Balaban J connectivity index is 2.04. The van der Waals surface area contributed by atoms with Gasteiger partial charge >= 0.3 is 0 Å². The van der Waals surface area contributed by atoms with Crippen molar-refractivity contribution in [3.63, 3.8) is 0 Å². The van der Waals surface area contributed by atoms with Gasteiger partial charge in [-0.15, -0.1) is 0 Å². The zero-order valence-corrected chi connectivity index (χ0v) is 13.2. The first-order valence-electron chi connectivity index (χ1n) is 6.73. The van der Waals surface area contributed by atoms with Crippen molar-refractivity contribution in [2.75, 3.05) is 37.8 Å². The standard InChI is InChI=1S/C13H19NO5S2/c15-8-1-9-19-12-2-4-13(5-3-12)21(17,18)14-6-10-20(16)11-7-14/h2-5,15H,1,6-11H2. The quantitative estimate of drug-likeness (QED) is 0.752. The summed E-state index contributed by atoms with van der Waals surface area (Å²) in [5.74, 6) is 1.35. The lowest BCUT2D eigenvalue weighted by molar-refractivity contribution is 0.233. The third-order valence-electron chi connectivity index (χ3n) is 3.17. The summed E-state index contributed by atoms with van der Waals surface area (Å²) in [5.41, 5.74) is 0. The number of ether oxygens (including phenoxy) is 1. The summed E-state index contributed by atoms with van der Waals surface area (Å²) in [6, 6.07) is 6.23. The van der Waals surface area contributed by atoms with Gasteiger partial charge in [0.1, 0.15) is 5.75 Å². The molecule has 0 saturated carbocycles. The molecule has 0 bridgehead atoms. The van der Waals surface area contributed by atoms with Gasteiger partial charge in [-0.05, 0) is 24.3 Å². The Morgan fingerprint density at radius 3 is 2.38 bits per heavy atom. The Kier molecular flexibility index (Phi) is 5.74. The summed E-state index contributed by atoms with van der Waals surface area (Å²) < 4.78 is 42.9. The lowest BCUT2D eigenvalue weighted by atomic mass is 10.3. The zero-order valence-electron chi connectivity index (χ0n) is 11.6. The van der Waals surface area contributed by atoms with Crippen molar-refractivity contribution >= 4 is 20.8 Å². The molecule has 1 saturated heterocycles. The summed E-state index contributed by atoms with van der Waals surface area (Å²) in [7, 11) is -4.43. The fourth-order valence-electron chi connectivity index (χ4n) is 1.97. The maximum Gasteiger partial charge on any atom is 0.243 e. The van der Waals surface area contributed by atoms with Crippen LogP contribution in [0.2, 0.25) is 0 Å². The summed E-state index contributed by atoms with van der Waals surface area (Å²) >= 11 is 0. The van der Waals surface area contributed by atoms with Crippen LogP contribution in [0.1, 0.15) is 6.42 Å². The van der Waals surface area contributed by atoms with E-state index in [2.05, 4.69) is 0 Å². The van der Waals surface area contributed by atoms with E-state index in [1.165, 1.54) is 16.4 Å². The highest BCUT2D eigenvalue weighted by Crippen LogP contribution is 2.20. The molecule has 2 rings (SSSR count). The predicted octanol–water partition coefficient (Wildman–Crippen LogP) is 0.201. The molecule has 8 heteroatoms. The molecule has 21 heavy (non-hydrogen) atoms. The molecule has 1 N–H and O–H groups in total. The van der Waals surface area contributed by atoms with E-state index >= 15 is 0 Å². The number of hydrogen-bond acceptors (Lipinski definition) is 5. The van der Waals surface area contributed by atoms with Gasteiger partial charge < -0.3 is 9.84 Å². The highest BCUT2D eigenvalue weighted by Gasteiger charge is 2.27. The number of nitrogens with zero attached hydrogens (tertiary/aromatic N) is 1. The van der Waals surface area contributed by atoms with Gasteiger partial charge in [-0.2, -0.15) is 4.31 Å². The monoisotopic (exact) mass is 333 g/mol. The van der Waals surface area contributed by atoms with E-state index in [1.807, 2.05) is 0 Å². The second kappa shape index (κ2) is 7.35. The fraction of sp³-hybridized carbons (Fsp3) is 0.538. The summed E-state index contributed by atoms with van der Waals surface area (Å²) in [6.45, 7) is 1.04. The van der Waals surface area contributed by atoms with Crippen LogP contribution in [0, 0.1) is 0 Å². The van der Waals surface area contributed by atoms with Crippen LogP contribution >= 0.6 is 0 Å². The van der Waals surface area contributed by atoms with Gasteiger partial charge in [0, 0.05) is 48.4 Å². The van der Waals surface area contributed by atoms with E-state index in [1.54, 1.807) is 12.1 Å². The van der Waals surface area contributed by atoms with Crippen molar-refractivity contribution < 1.29 is 22.5 Å². The third kappa shape index (κ3) is 4.26. The van der Waals surface area contributed by atoms with E-state index in [0.717, 1.165) is 0 Å². The van der Waals surface area contributed by atoms with Crippen LogP contribution in [0.15, 0.2) is 29.2 Å². The van der Waals surface area contributed by atoms with Gasteiger partial charge in [0.25, 0.3) is 0 Å². The molecule has 1 aliphatic heterocycles.